The van der Waals surface area contributed by atoms with Crippen LogP contribution in [0.25, 0.3) is 0 Å². The van der Waals surface area contributed by atoms with Gasteiger partial charge in [-0.2, -0.15) is 5.26 Å². The van der Waals surface area contributed by atoms with Crippen LogP contribution < -0.4 is 5.32 Å². The van der Waals surface area contributed by atoms with E-state index >= 15 is 0 Å². The molecule has 3 saturated heterocycles. The van der Waals surface area contributed by atoms with Gasteiger partial charge in [-0.1, -0.05) is 25.7 Å². The zero-order chi connectivity index (χ0) is 14.0. The topological polar surface area (TPSA) is 56.1 Å². The van der Waals surface area contributed by atoms with Crippen LogP contribution in [0.4, 0.5) is 0 Å². The number of hydrogen-bond acceptors (Lipinski definition) is 3. The van der Waals surface area contributed by atoms with E-state index in [-0.39, 0.29) is 11.9 Å². The van der Waals surface area contributed by atoms with Gasteiger partial charge in [0, 0.05) is 12.6 Å². The van der Waals surface area contributed by atoms with Crippen molar-refractivity contribution in [2.24, 2.45) is 11.3 Å². The summed E-state index contributed by atoms with van der Waals surface area (Å²) in [5.74, 6) is 0.645. The zero-order valence-corrected chi connectivity index (χ0v) is 12.2. The zero-order valence-electron chi connectivity index (χ0n) is 12.2. The van der Waals surface area contributed by atoms with E-state index in [0.29, 0.717) is 5.92 Å². The van der Waals surface area contributed by atoms with Crippen LogP contribution in [-0.2, 0) is 4.79 Å². The first-order valence-electron chi connectivity index (χ1n) is 8.18. The molecule has 4 nitrogen and oxygen atoms in total. The minimum absolute atomic E-state index is 0.0145. The molecule has 1 aliphatic carbocycles. The van der Waals surface area contributed by atoms with Crippen molar-refractivity contribution in [3.8, 4) is 6.07 Å². The Morgan fingerprint density at radius 2 is 1.80 bits per heavy atom. The van der Waals surface area contributed by atoms with Gasteiger partial charge in [0.2, 0.25) is 5.91 Å². The average molecular weight is 275 g/mol. The number of nitrogens with zero attached hydrogens (tertiary/aromatic N) is 2. The van der Waals surface area contributed by atoms with Crippen LogP contribution in [0, 0.1) is 22.7 Å². The highest BCUT2D eigenvalue weighted by molar-refractivity contribution is 5.85. The Morgan fingerprint density at radius 1 is 1.15 bits per heavy atom. The highest BCUT2D eigenvalue weighted by Crippen LogP contribution is 2.36. The Bertz CT molecular complexity index is 398. The van der Waals surface area contributed by atoms with Gasteiger partial charge in [0.1, 0.15) is 5.41 Å². The van der Waals surface area contributed by atoms with Gasteiger partial charge in [0.05, 0.1) is 6.07 Å². The fraction of sp³-hybridized carbons (Fsp3) is 0.875. The number of hydrogen-bond donors (Lipinski definition) is 1. The number of carbonyl (C=O) groups is 1. The van der Waals surface area contributed by atoms with Gasteiger partial charge in [-0.3, -0.25) is 4.79 Å². The first-order valence-corrected chi connectivity index (χ1v) is 8.18. The van der Waals surface area contributed by atoms with Crippen molar-refractivity contribution in [1.29, 1.82) is 5.26 Å². The number of nitrogens with one attached hydrogen (secondary N) is 1. The minimum atomic E-state index is -0.747. The highest BCUT2D eigenvalue weighted by atomic mass is 16.2. The van der Waals surface area contributed by atoms with E-state index < -0.39 is 5.41 Å². The molecule has 3 heterocycles. The van der Waals surface area contributed by atoms with Crippen LogP contribution in [0.1, 0.15) is 51.4 Å². The predicted molar refractivity (Wildman–Crippen MR) is 76.8 cm³/mol. The van der Waals surface area contributed by atoms with Crippen molar-refractivity contribution in [2.75, 3.05) is 19.6 Å². The van der Waals surface area contributed by atoms with E-state index in [4.69, 9.17) is 0 Å². The maximum absolute atomic E-state index is 12.7. The molecular formula is C16H25N3O. The molecule has 1 amide bonds. The SMILES string of the molecule is N#CC1(C(=O)NC2CN3CCC2CC3)CCCCCC1. The molecule has 20 heavy (non-hydrogen) atoms. The Morgan fingerprint density at radius 3 is 2.30 bits per heavy atom. The predicted octanol–water partition coefficient (Wildman–Crippen LogP) is 2.06. The molecule has 0 radical (unpaired) electrons. The second kappa shape index (κ2) is 5.73. The molecule has 0 aromatic rings. The van der Waals surface area contributed by atoms with Crippen molar-refractivity contribution in [1.82, 2.24) is 10.2 Å². The minimum Gasteiger partial charge on any atom is -0.350 e. The Labute approximate surface area is 121 Å². The molecule has 2 bridgehead atoms. The fourth-order valence-electron chi connectivity index (χ4n) is 4.16. The summed E-state index contributed by atoms with van der Waals surface area (Å²) in [5, 5.41) is 12.8. The van der Waals surface area contributed by atoms with Gasteiger partial charge in [0.15, 0.2) is 0 Å². The maximum atomic E-state index is 12.7. The molecule has 0 aromatic heterocycles. The monoisotopic (exact) mass is 275 g/mol. The number of rotatable bonds is 2. The molecule has 3 aliphatic heterocycles. The molecular weight excluding hydrogens is 250 g/mol. The maximum Gasteiger partial charge on any atom is 0.240 e. The summed E-state index contributed by atoms with van der Waals surface area (Å²) in [6.07, 6.45) is 8.25. The van der Waals surface area contributed by atoms with Gasteiger partial charge in [-0.05, 0) is 44.7 Å². The lowest BCUT2D eigenvalue weighted by Crippen LogP contribution is -2.59. The summed E-state index contributed by atoms with van der Waals surface area (Å²) in [5.41, 5.74) is -0.747. The summed E-state index contributed by atoms with van der Waals surface area (Å²) < 4.78 is 0. The van der Waals surface area contributed by atoms with Crippen molar-refractivity contribution in [3.05, 3.63) is 0 Å². The molecule has 0 aromatic carbocycles. The molecule has 110 valence electrons. The third-order valence-corrected chi connectivity index (χ3v) is 5.58. The summed E-state index contributed by atoms with van der Waals surface area (Å²) >= 11 is 0. The number of piperidine rings is 3. The quantitative estimate of drug-likeness (QED) is 0.785. The van der Waals surface area contributed by atoms with Gasteiger partial charge in [-0.25, -0.2) is 0 Å². The van der Waals surface area contributed by atoms with E-state index in [1.807, 2.05) is 0 Å². The molecule has 1 atom stereocenters. The summed E-state index contributed by atoms with van der Waals surface area (Å²) in [6, 6.07) is 2.64. The fourth-order valence-corrected chi connectivity index (χ4v) is 4.16. The van der Waals surface area contributed by atoms with Crippen molar-refractivity contribution >= 4 is 5.91 Å². The van der Waals surface area contributed by atoms with E-state index in [2.05, 4.69) is 16.3 Å². The van der Waals surface area contributed by atoms with E-state index in [1.54, 1.807) is 0 Å². The van der Waals surface area contributed by atoms with Crippen LogP contribution >= 0.6 is 0 Å². The van der Waals surface area contributed by atoms with E-state index in [9.17, 15) is 10.1 Å². The lowest BCUT2D eigenvalue weighted by Gasteiger charge is -2.45. The smallest absolute Gasteiger partial charge is 0.240 e. The molecule has 1 saturated carbocycles. The second-order valence-electron chi connectivity index (χ2n) is 6.83. The molecule has 1 unspecified atom stereocenters. The highest BCUT2D eigenvalue weighted by Gasteiger charge is 2.42. The number of fused-ring (bicyclic) bond motifs is 3. The lowest BCUT2D eigenvalue weighted by molar-refractivity contribution is -0.131. The van der Waals surface area contributed by atoms with Crippen LogP contribution in [-0.4, -0.2) is 36.5 Å². The summed E-state index contributed by atoms with van der Waals surface area (Å²) in [6.45, 7) is 3.35. The largest absolute Gasteiger partial charge is 0.350 e. The molecule has 4 heteroatoms. The van der Waals surface area contributed by atoms with Crippen LogP contribution in [0.15, 0.2) is 0 Å². The van der Waals surface area contributed by atoms with E-state index in [1.165, 1.54) is 25.9 Å². The first kappa shape index (κ1) is 13.9. The second-order valence-corrected chi connectivity index (χ2v) is 6.83. The molecule has 4 rings (SSSR count). The summed E-state index contributed by atoms with van der Waals surface area (Å²) in [4.78, 5) is 15.1. The number of nitriles is 1. The van der Waals surface area contributed by atoms with Gasteiger partial charge in [-0.15, -0.1) is 0 Å². The standard InChI is InChI=1S/C16H25N3O/c17-12-16(7-3-1-2-4-8-16)15(20)18-14-11-19-9-5-13(14)6-10-19/h13-14H,1-11H2,(H,18,20). The van der Waals surface area contributed by atoms with E-state index in [0.717, 1.165) is 45.1 Å². The van der Waals surface area contributed by atoms with Gasteiger partial charge >= 0.3 is 0 Å². The van der Waals surface area contributed by atoms with Crippen molar-refractivity contribution in [3.63, 3.8) is 0 Å². The average Bonchev–Trinajstić information content (AvgIpc) is 2.75. The molecule has 0 spiro atoms. The van der Waals surface area contributed by atoms with Crippen LogP contribution in [0.2, 0.25) is 0 Å². The molecule has 4 fully saturated rings. The lowest BCUT2D eigenvalue weighted by atomic mass is 9.79. The number of amides is 1. The third-order valence-electron chi connectivity index (χ3n) is 5.58. The van der Waals surface area contributed by atoms with Crippen LogP contribution in [0.5, 0.6) is 0 Å². The summed E-state index contributed by atoms with van der Waals surface area (Å²) in [7, 11) is 0. The van der Waals surface area contributed by atoms with Crippen molar-refractivity contribution in [2.45, 2.75) is 57.4 Å². The van der Waals surface area contributed by atoms with Gasteiger partial charge < -0.3 is 10.2 Å². The molecule has 4 aliphatic rings. The Hall–Kier alpha value is -1.08. The molecule has 1 N–H and O–H groups in total. The third kappa shape index (κ3) is 2.56. The van der Waals surface area contributed by atoms with Crippen molar-refractivity contribution < 1.29 is 4.79 Å². The Kier molecular flexibility index (Phi) is 3.98. The first-order chi connectivity index (χ1) is 9.73. The van der Waals surface area contributed by atoms with Crippen LogP contribution in [0.3, 0.4) is 0 Å². The van der Waals surface area contributed by atoms with Gasteiger partial charge in [0.25, 0.3) is 0 Å². The number of carbonyl (C=O) groups excluding carboxylic acids is 1. The normalized spacial score (nSPS) is 35.9. The Balaban J connectivity index is 1.67.